The third-order valence-electron chi connectivity index (χ3n) is 5.22. The van der Waals surface area contributed by atoms with Crippen molar-refractivity contribution in [2.75, 3.05) is 49.1 Å². The summed E-state index contributed by atoms with van der Waals surface area (Å²) in [7, 11) is 0. The van der Waals surface area contributed by atoms with Gasteiger partial charge in [-0.25, -0.2) is 14.2 Å². The second-order valence-electron chi connectivity index (χ2n) is 7.31. The number of carbonyl (C=O) groups is 2. The number of hydrogen-bond acceptors (Lipinski definition) is 7. The molecular formula is C20H22FN5O4S. The lowest BCUT2D eigenvalue weighted by Crippen LogP contribution is -2.48. The fourth-order valence-electron chi connectivity index (χ4n) is 3.63. The molecule has 2 fully saturated rings. The zero-order valence-electron chi connectivity index (χ0n) is 16.9. The summed E-state index contributed by atoms with van der Waals surface area (Å²) < 4.78 is 25.4. The molecule has 0 spiro atoms. The van der Waals surface area contributed by atoms with Crippen molar-refractivity contribution in [2.45, 2.75) is 13.0 Å². The Bertz CT molecular complexity index is 978. The van der Waals surface area contributed by atoms with E-state index in [1.165, 1.54) is 24.2 Å². The Kier molecular flexibility index (Phi) is 6.03. The van der Waals surface area contributed by atoms with Crippen LogP contribution in [0.5, 0.6) is 0 Å². The van der Waals surface area contributed by atoms with Gasteiger partial charge in [-0.2, -0.15) is 0 Å². The molecule has 1 aromatic heterocycles. The number of piperazine rings is 1. The first-order valence-corrected chi connectivity index (χ1v) is 10.3. The number of thiocarbonyl (C=S) groups is 1. The fraction of sp³-hybridized carbons (Fsp3) is 0.400. The van der Waals surface area contributed by atoms with Gasteiger partial charge in [-0.05, 0) is 18.2 Å². The number of nitrogens with one attached hydrogen (secondary N) is 1. The van der Waals surface area contributed by atoms with Crippen LogP contribution in [0.25, 0.3) is 0 Å². The molecule has 1 atom stereocenters. The Labute approximate surface area is 183 Å². The van der Waals surface area contributed by atoms with Crippen LogP contribution in [0.2, 0.25) is 0 Å². The first kappa shape index (κ1) is 21.0. The van der Waals surface area contributed by atoms with E-state index in [-0.39, 0.29) is 19.0 Å². The van der Waals surface area contributed by atoms with Crippen molar-refractivity contribution in [1.29, 1.82) is 0 Å². The van der Waals surface area contributed by atoms with Crippen LogP contribution in [0.15, 0.2) is 35.1 Å². The summed E-state index contributed by atoms with van der Waals surface area (Å²) in [5.41, 5.74) is 0.882. The van der Waals surface area contributed by atoms with Crippen molar-refractivity contribution < 1.29 is 23.1 Å². The van der Waals surface area contributed by atoms with Crippen LogP contribution in [0.3, 0.4) is 0 Å². The molecule has 0 radical (unpaired) electrons. The van der Waals surface area contributed by atoms with E-state index < -0.39 is 18.0 Å². The number of ether oxygens (including phenoxy) is 1. The molecule has 9 nitrogen and oxygen atoms in total. The van der Waals surface area contributed by atoms with Gasteiger partial charge < -0.3 is 24.3 Å². The quantitative estimate of drug-likeness (QED) is 0.694. The van der Waals surface area contributed by atoms with Crippen LogP contribution >= 0.6 is 12.2 Å². The summed E-state index contributed by atoms with van der Waals surface area (Å²) >= 11 is 5.41. The van der Waals surface area contributed by atoms with E-state index in [0.717, 1.165) is 0 Å². The number of oxazole rings is 1. The number of anilines is 2. The molecule has 11 heteroatoms. The van der Waals surface area contributed by atoms with Crippen LogP contribution in [-0.4, -0.2) is 72.2 Å². The molecular weight excluding hydrogens is 425 g/mol. The SMILES string of the molecule is CC(=O)NC[C@H]1CN(c2ccc(N3CCN(C(=S)c4ncco4)CC3)c(F)c2)C(=O)O1. The van der Waals surface area contributed by atoms with Crippen LogP contribution in [0.4, 0.5) is 20.6 Å². The van der Waals surface area contributed by atoms with Crippen LogP contribution in [-0.2, 0) is 9.53 Å². The topological polar surface area (TPSA) is 91.2 Å². The molecule has 1 aromatic carbocycles. The zero-order valence-corrected chi connectivity index (χ0v) is 17.7. The van der Waals surface area contributed by atoms with Crippen LogP contribution < -0.4 is 15.1 Å². The number of carbonyl (C=O) groups excluding carboxylic acids is 2. The second kappa shape index (κ2) is 8.88. The van der Waals surface area contributed by atoms with Gasteiger partial charge in [0.05, 0.1) is 30.7 Å². The molecule has 31 heavy (non-hydrogen) atoms. The molecule has 0 saturated carbocycles. The normalized spacial score (nSPS) is 18.8. The molecule has 1 N–H and O–H groups in total. The molecule has 3 heterocycles. The van der Waals surface area contributed by atoms with Crippen LogP contribution in [0, 0.1) is 5.82 Å². The predicted molar refractivity (Wildman–Crippen MR) is 115 cm³/mol. The first-order chi connectivity index (χ1) is 14.9. The summed E-state index contributed by atoms with van der Waals surface area (Å²) in [6.07, 6.45) is 2.00. The van der Waals surface area contributed by atoms with E-state index in [9.17, 15) is 14.0 Å². The lowest BCUT2D eigenvalue weighted by molar-refractivity contribution is -0.119. The van der Waals surface area contributed by atoms with Crippen LogP contribution in [0.1, 0.15) is 12.8 Å². The van der Waals surface area contributed by atoms with E-state index in [1.807, 2.05) is 9.80 Å². The molecule has 2 saturated heterocycles. The van der Waals surface area contributed by atoms with Crippen molar-refractivity contribution in [3.63, 3.8) is 0 Å². The largest absolute Gasteiger partial charge is 0.443 e. The summed E-state index contributed by atoms with van der Waals surface area (Å²) in [4.78, 5) is 33.1. The fourth-order valence-corrected chi connectivity index (χ4v) is 3.91. The summed E-state index contributed by atoms with van der Waals surface area (Å²) in [6.45, 7) is 4.26. The van der Waals surface area contributed by atoms with Gasteiger partial charge in [-0.15, -0.1) is 0 Å². The van der Waals surface area contributed by atoms with Gasteiger partial charge in [0.15, 0.2) is 4.99 Å². The van der Waals surface area contributed by atoms with Gasteiger partial charge in [0, 0.05) is 33.1 Å². The van der Waals surface area contributed by atoms with Gasteiger partial charge in [0.25, 0.3) is 5.89 Å². The Morgan fingerprint density at radius 2 is 2.10 bits per heavy atom. The van der Waals surface area contributed by atoms with Gasteiger partial charge in [0.2, 0.25) is 5.91 Å². The van der Waals surface area contributed by atoms with Gasteiger partial charge in [-0.3, -0.25) is 9.69 Å². The highest BCUT2D eigenvalue weighted by molar-refractivity contribution is 7.80. The lowest BCUT2D eigenvalue weighted by Gasteiger charge is -2.37. The monoisotopic (exact) mass is 447 g/mol. The molecule has 2 aliphatic rings. The molecule has 2 amide bonds. The van der Waals surface area contributed by atoms with E-state index in [1.54, 1.807) is 18.3 Å². The zero-order chi connectivity index (χ0) is 22.0. The Balaban J connectivity index is 1.38. The Morgan fingerprint density at radius 1 is 1.32 bits per heavy atom. The Morgan fingerprint density at radius 3 is 2.74 bits per heavy atom. The maximum absolute atomic E-state index is 14.9. The third kappa shape index (κ3) is 4.61. The molecule has 2 aliphatic heterocycles. The van der Waals surface area contributed by atoms with Crippen molar-refractivity contribution in [2.24, 2.45) is 0 Å². The molecule has 164 valence electrons. The molecule has 2 aromatic rings. The third-order valence-corrected chi connectivity index (χ3v) is 5.65. The van der Waals surface area contributed by atoms with E-state index in [2.05, 4.69) is 10.3 Å². The number of hydrogen-bond donors (Lipinski definition) is 1. The first-order valence-electron chi connectivity index (χ1n) is 9.88. The van der Waals surface area contributed by atoms with Gasteiger partial charge in [0.1, 0.15) is 18.2 Å². The second-order valence-corrected chi connectivity index (χ2v) is 7.69. The number of halogens is 1. The highest BCUT2D eigenvalue weighted by atomic mass is 32.1. The van der Waals surface area contributed by atoms with E-state index in [0.29, 0.717) is 48.4 Å². The summed E-state index contributed by atoms with van der Waals surface area (Å²) in [5, 5.41) is 2.62. The van der Waals surface area contributed by atoms with Gasteiger partial charge in [-0.1, -0.05) is 12.2 Å². The number of cyclic esters (lactones) is 1. The maximum Gasteiger partial charge on any atom is 0.414 e. The molecule has 4 rings (SSSR count). The summed E-state index contributed by atoms with van der Waals surface area (Å²) in [5.74, 6) is -0.209. The number of nitrogens with zero attached hydrogens (tertiary/aromatic N) is 4. The van der Waals surface area contributed by atoms with E-state index in [4.69, 9.17) is 21.4 Å². The standard InChI is InChI=1S/C20H22FN5O4S/c1-13(27)23-11-15-12-26(20(28)30-15)14-2-3-17(16(21)10-14)24-5-7-25(8-6-24)19(31)18-22-4-9-29-18/h2-4,9-10,15H,5-8,11-12H2,1H3,(H,23,27)/t15-/m0/s1. The minimum absolute atomic E-state index is 0.203. The summed E-state index contributed by atoms with van der Waals surface area (Å²) in [6, 6.07) is 4.70. The minimum atomic E-state index is -0.559. The maximum atomic E-state index is 14.9. The Hall–Kier alpha value is -3.21. The van der Waals surface area contributed by atoms with Gasteiger partial charge >= 0.3 is 6.09 Å². The average molecular weight is 447 g/mol. The molecule has 0 unspecified atom stereocenters. The number of rotatable bonds is 5. The lowest BCUT2D eigenvalue weighted by atomic mass is 10.2. The smallest absolute Gasteiger partial charge is 0.414 e. The molecule has 0 aliphatic carbocycles. The van der Waals surface area contributed by atoms with Crippen molar-refractivity contribution >= 4 is 40.6 Å². The number of aromatic nitrogens is 1. The van der Waals surface area contributed by atoms with Crippen molar-refractivity contribution in [1.82, 2.24) is 15.2 Å². The van der Waals surface area contributed by atoms with Crippen molar-refractivity contribution in [3.05, 3.63) is 42.4 Å². The highest BCUT2D eigenvalue weighted by Gasteiger charge is 2.33. The highest BCUT2D eigenvalue weighted by Crippen LogP contribution is 2.28. The predicted octanol–water partition coefficient (Wildman–Crippen LogP) is 1.77. The minimum Gasteiger partial charge on any atom is -0.443 e. The van der Waals surface area contributed by atoms with E-state index >= 15 is 0 Å². The molecule has 0 bridgehead atoms. The number of amides is 2. The average Bonchev–Trinajstić information content (AvgIpc) is 3.42. The number of benzene rings is 1. The van der Waals surface area contributed by atoms with Crippen molar-refractivity contribution in [3.8, 4) is 0 Å².